The summed E-state index contributed by atoms with van der Waals surface area (Å²) in [6.45, 7) is 13.6. The quantitative estimate of drug-likeness (QED) is 0.468. The molecule has 0 aromatic carbocycles. The fraction of sp³-hybridized carbons (Fsp3) is 0.588. The van der Waals surface area contributed by atoms with E-state index in [1.165, 1.54) is 7.11 Å². The van der Waals surface area contributed by atoms with Crippen LogP contribution in [0.25, 0.3) is 11.0 Å². The van der Waals surface area contributed by atoms with Gasteiger partial charge in [0.25, 0.3) is 0 Å². The number of nitrogens with zero attached hydrogens (tertiary/aromatic N) is 3. The first kappa shape index (κ1) is 20.7. The molecule has 2 aromatic rings. The average Bonchev–Trinajstić information content (AvgIpc) is 2.77. The normalized spacial score (nSPS) is 12.6. The number of nitrogen functional groups attached to an aromatic ring is 1. The number of nitrogens with two attached hydrogens (primary N) is 1. The standard InChI is InChI=1S/C17H27ClN4O3Si/c1-10-11-13(18)20-16(19)21-14(11)22(12(10)15(23)24-5)8-9-25-26(6,7)17(2,3)4/h8-9H2,1-7H3,(H2,19,20,21). The van der Waals surface area contributed by atoms with Crippen LogP contribution in [0.15, 0.2) is 0 Å². The molecule has 2 N–H and O–H groups in total. The van der Waals surface area contributed by atoms with Crippen molar-refractivity contribution in [2.75, 3.05) is 19.5 Å². The molecule has 0 saturated carbocycles. The summed E-state index contributed by atoms with van der Waals surface area (Å²) >= 11 is 6.25. The number of aromatic nitrogens is 3. The summed E-state index contributed by atoms with van der Waals surface area (Å²) in [5, 5.41) is 0.927. The summed E-state index contributed by atoms with van der Waals surface area (Å²) in [4.78, 5) is 20.6. The number of carbonyl (C=O) groups is 1. The molecule has 0 aliphatic rings. The molecule has 2 aromatic heterocycles. The van der Waals surface area contributed by atoms with E-state index in [2.05, 4.69) is 43.8 Å². The molecule has 7 nitrogen and oxygen atoms in total. The topological polar surface area (TPSA) is 92.3 Å². The minimum absolute atomic E-state index is 0.0583. The average molecular weight is 399 g/mol. The Kier molecular flexibility index (Phi) is 5.70. The van der Waals surface area contributed by atoms with Gasteiger partial charge in [-0.3, -0.25) is 0 Å². The van der Waals surface area contributed by atoms with Crippen LogP contribution < -0.4 is 5.73 Å². The largest absolute Gasteiger partial charge is 0.464 e. The molecule has 26 heavy (non-hydrogen) atoms. The van der Waals surface area contributed by atoms with Crippen molar-refractivity contribution in [2.45, 2.75) is 52.4 Å². The van der Waals surface area contributed by atoms with Crippen molar-refractivity contribution in [3.05, 3.63) is 16.4 Å². The molecule has 144 valence electrons. The van der Waals surface area contributed by atoms with Gasteiger partial charge in [0.1, 0.15) is 16.5 Å². The van der Waals surface area contributed by atoms with E-state index in [-0.39, 0.29) is 16.1 Å². The molecule has 0 radical (unpaired) electrons. The second-order valence-electron chi connectivity index (χ2n) is 7.80. The third kappa shape index (κ3) is 3.72. The Morgan fingerprint density at radius 1 is 1.31 bits per heavy atom. The zero-order chi connectivity index (χ0) is 19.9. The summed E-state index contributed by atoms with van der Waals surface area (Å²) in [5.41, 5.74) is 7.33. The number of esters is 1. The highest BCUT2D eigenvalue weighted by atomic mass is 35.5. The minimum atomic E-state index is -1.91. The van der Waals surface area contributed by atoms with E-state index in [0.717, 1.165) is 0 Å². The molecular formula is C17H27ClN4O3Si. The SMILES string of the molecule is COC(=O)c1c(C)c2c(Cl)nc(N)nc2n1CCO[Si](C)(C)C(C)(C)C. The van der Waals surface area contributed by atoms with E-state index in [1.54, 1.807) is 11.5 Å². The van der Waals surface area contributed by atoms with E-state index < -0.39 is 14.3 Å². The molecule has 0 spiro atoms. The minimum Gasteiger partial charge on any atom is -0.464 e. The Balaban J connectivity index is 2.47. The molecule has 0 amide bonds. The smallest absolute Gasteiger partial charge is 0.355 e. The van der Waals surface area contributed by atoms with Crippen LogP contribution in [0.4, 0.5) is 5.95 Å². The maximum Gasteiger partial charge on any atom is 0.355 e. The van der Waals surface area contributed by atoms with Gasteiger partial charge in [-0.05, 0) is 30.6 Å². The van der Waals surface area contributed by atoms with Gasteiger partial charge in [0.2, 0.25) is 5.95 Å². The predicted octanol–water partition coefficient (Wildman–Crippen LogP) is 3.78. The van der Waals surface area contributed by atoms with Gasteiger partial charge in [-0.25, -0.2) is 9.78 Å². The lowest BCUT2D eigenvalue weighted by atomic mass is 10.2. The predicted molar refractivity (Wildman–Crippen MR) is 106 cm³/mol. The van der Waals surface area contributed by atoms with Crippen LogP contribution >= 0.6 is 11.6 Å². The van der Waals surface area contributed by atoms with E-state index in [9.17, 15) is 4.79 Å². The molecule has 2 rings (SSSR count). The van der Waals surface area contributed by atoms with Crippen molar-refractivity contribution in [1.29, 1.82) is 0 Å². The zero-order valence-corrected chi connectivity index (χ0v) is 18.2. The fourth-order valence-corrected chi connectivity index (χ4v) is 3.92. The van der Waals surface area contributed by atoms with Crippen LogP contribution in [0, 0.1) is 6.92 Å². The first-order valence-corrected chi connectivity index (χ1v) is 11.7. The summed E-state index contributed by atoms with van der Waals surface area (Å²) in [7, 11) is -0.562. The lowest BCUT2D eigenvalue weighted by molar-refractivity contribution is 0.0587. The molecule has 0 aliphatic heterocycles. The molecule has 0 saturated heterocycles. The number of aryl methyl sites for hydroxylation is 1. The molecule has 2 heterocycles. The van der Waals surface area contributed by atoms with Crippen molar-refractivity contribution in [3.8, 4) is 0 Å². The number of ether oxygens (including phenoxy) is 1. The number of carbonyl (C=O) groups excluding carboxylic acids is 1. The van der Waals surface area contributed by atoms with Crippen molar-refractivity contribution < 1.29 is 14.0 Å². The van der Waals surface area contributed by atoms with Gasteiger partial charge < -0.3 is 19.5 Å². The molecule has 0 aliphatic carbocycles. The number of hydrogen-bond donors (Lipinski definition) is 1. The first-order valence-electron chi connectivity index (χ1n) is 8.44. The maximum atomic E-state index is 12.3. The van der Waals surface area contributed by atoms with Gasteiger partial charge in [-0.2, -0.15) is 4.98 Å². The number of anilines is 1. The third-order valence-corrected chi connectivity index (χ3v) is 9.89. The van der Waals surface area contributed by atoms with Gasteiger partial charge >= 0.3 is 5.97 Å². The van der Waals surface area contributed by atoms with E-state index in [1.807, 2.05) is 0 Å². The number of hydrogen-bond acceptors (Lipinski definition) is 6. The van der Waals surface area contributed by atoms with Gasteiger partial charge in [-0.1, -0.05) is 32.4 Å². The highest BCUT2D eigenvalue weighted by molar-refractivity contribution is 6.74. The summed E-state index contributed by atoms with van der Waals surface area (Å²) in [6, 6.07) is 0. The Morgan fingerprint density at radius 2 is 1.92 bits per heavy atom. The molecule has 0 fully saturated rings. The van der Waals surface area contributed by atoms with Crippen molar-refractivity contribution in [2.24, 2.45) is 0 Å². The number of rotatable bonds is 5. The summed E-state index contributed by atoms with van der Waals surface area (Å²) in [5.74, 6) is -0.398. The Hall–Kier alpha value is -1.64. The molecule has 0 unspecified atom stereocenters. The van der Waals surface area contributed by atoms with Crippen LogP contribution in [0.3, 0.4) is 0 Å². The fourth-order valence-electron chi connectivity index (χ4n) is 2.57. The molecule has 0 bridgehead atoms. The van der Waals surface area contributed by atoms with Crippen LogP contribution in [-0.2, 0) is 15.7 Å². The van der Waals surface area contributed by atoms with Gasteiger partial charge in [-0.15, -0.1) is 0 Å². The Bertz CT molecular complexity index is 843. The third-order valence-electron chi connectivity index (χ3n) is 5.08. The number of methoxy groups -OCH3 is 1. The number of fused-ring (bicyclic) bond motifs is 1. The second kappa shape index (κ2) is 7.17. The highest BCUT2D eigenvalue weighted by Gasteiger charge is 2.37. The Morgan fingerprint density at radius 3 is 2.46 bits per heavy atom. The van der Waals surface area contributed by atoms with Gasteiger partial charge in [0.05, 0.1) is 19.1 Å². The van der Waals surface area contributed by atoms with E-state index in [0.29, 0.717) is 35.4 Å². The van der Waals surface area contributed by atoms with Crippen LogP contribution in [-0.4, -0.2) is 42.5 Å². The van der Waals surface area contributed by atoms with Crippen LogP contribution in [0.5, 0.6) is 0 Å². The summed E-state index contributed by atoms with van der Waals surface area (Å²) in [6.07, 6.45) is 0. The lowest BCUT2D eigenvalue weighted by Gasteiger charge is -2.36. The van der Waals surface area contributed by atoms with Crippen molar-refractivity contribution >= 4 is 42.9 Å². The zero-order valence-electron chi connectivity index (χ0n) is 16.4. The van der Waals surface area contributed by atoms with Gasteiger partial charge in [0, 0.05) is 6.54 Å². The van der Waals surface area contributed by atoms with Crippen LogP contribution in [0.1, 0.15) is 36.8 Å². The number of halogens is 1. The highest BCUT2D eigenvalue weighted by Crippen LogP contribution is 2.37. The summed E-state index contributed by atoms with van der Waals surface area (Å²) < 4.78 is 12.9. The van der Waals surface area contributed by atoms with Crippen LogP contribution in [0.2, 0.25) is 23.3 Å². The second-order valence-corrected chi connectivity index (χ2v) is 13.0. The first-order chi connectivity index (χ1) is 11.9. The van der Waals surface area contributed by atoms with Crippen molar-refractivity contribution in [1.82, 2.24) is 14.5 Å². The van der Waals surface area contributed by atoms with Gasteiger partial charge in [0.15, 0.2) is 8.32 Å². The maximum absolute atomic E-state index is 12.3. The van der Waals surface area contributed by atoms with Crippen molar-refractivity contribution in [3.63, 3.8) is 0 Å². The molecule has 0 atom stereocenters. The molecule has 9 heteroatoms. The monoisotopic (exact) mass is 398 g/mol. The Labute approximate surface area is 160 Å². The molecular weight excluding hydrogens is 372 g/mol. The van der Waals surface area contributed by atoms with E-state index >= 15 is 0 Å². The van der Waals surface area contributed by atoms with E-state index in [4.69, 9.17) is 26.5 Å². The lowest BCUT2D eigenvalue weighted by Crippen LogP contribution is -2.41.